The molecule has 6 heteroatoms. The van der Waals surface area contributed by atoms with E-state index in [4.69, 9.17) is 0 Å². The molecule has 1 rings (SSSR count). The number of hydrogen-bond acceptors (Lipinski definition) is 4. The maximum absolute atomic E-state index is 13.8. The monoisotopic (exact) mass is 286 g/mol. The van der Waals surface area contributed by atoms with Crippen LogP contribution in [0.15, 0.2) is 6.07 Å². The van der Waals surface area contributed by atoms with E-state index in [0.717, 1.165) is 12.6 Å². The van der Waals surface area contributed by atoms with E-state index in [2.05, 4.69) is 15.6 Å². The molecule has 20 heavy (non-hydrogen) atoms. The van der Waals surface area contributed by atoms with Crippen LogP contribution in [0.1, 0.15) is 20.8 Å². The quantitative estimate of drug-likeness (QED) is 0.808. The highest BCUT2D eigenvalue weighted by Gasteiger charge is 2.18. The summed E-state index contributed by atoms with van der Waals surface area (Å²) in [5, 5.41) is 5.85. The second-order valence-corrected chi connectivity index (χ2v) is 5.44. The first-order chi connectivity index (χ1) is 9.35. The molecular formula is C14H24F2N4. The number of nitrogens with zero attached hydrogens (tertiary/aromatic N) is 2. The maximum atomic E-state index is 13.8. The SMILES string of the molecule is CCNc1nc(NC(CN(C)C)C(C)C)c(F)cc1F. The lowest BCUT2D eigenvalue weighted by molar-refractivity contribution is 0.343. The topological polar surface area (TPSA) is 40.2 Å². The van der Waals surface area contributed by atoms with E-state index >= 15 is 0 Å². The van der Waals surface area contributed by atoms with Crippen LogP contribution in [0.2, 0.25) is 0 Å². The van der Waals surface area contributed by atoms with E-state index < -0.39 is 11.6 Å². The van der Waals surface area contributed by atoms with Crippen molar-refractivity contribution in [3.05, 3.63) is 17.7 Å². The molecule has 1 atom stereocenters. The van der Waals surface area contributed by atoms with Crippen LogP contribution >= 0.6 is 0 Å². The van der Waals surface area contributed by atoms with Crippen molar-refractivity contribution >= 4 is 11.6 Å². The molecule has 0 bridgehead atoms. The zero-order chi connectivity index (χ0) is 15.3. The van der Waals surface area contributed by atoms with E-state index in [9.17, 15) is 8.78 Å². The van der Waals surface area contributed by atoms with Gasteiger partial charge >= 0.3 is 0 Å². The molecule has 1 unspecified atom stereocenters. The molecular weight excluding hydrogens is 262 g/mol. The minimum Gasteiger partial charge on any atom is -0.368 e. The van der Waals surface area contributed by atoms with Gasteiger partial charge in [-0.25, -0.2) is 13.8 Å². The van der Waals surface area contributed by atoms with Crippen LogP contribution in [-0.2, 0) is 0 Å². The molecule has 0 saturated carbocycles. The first-order valence-electron chi connectivity index (χ1n) is 6.86. The molecule has 0 aliphatic heterocycles. The molecule has 114 valence electrons. The van der Waals surface area contributed by atoms with Crippen LogP contribution in [0.4, 0.5) is 20.4 Å². The second-order valence-electron chi connectivity index (χ2n) is 5.44. The van der Waals surface area contributed by atoms with Crippen molar-refractivity contribution in [2.75, 3.05) is 37.8 Å². The van der Waals surface area contributed by atoms with Gasteiger partial charge in [-0.15, -0.1) is 0 Å². The zero-order valence-corrected chi connectivity index (χ0v) is 12.8. The smallest absolute Gasteiger partial charge is 0.168 e. The predicted molar refractivity (Wildman–Crippen MR) is 79.1 cm³/mol. The van der Waals surface area contributed by atoms with Crippen LogP contribution in [0, 0.1) is 17.6 Å². The second kappa shape index (κ2) is 7.38. The Morgan fingerprint density at radius 3 is 2.30 bits per heavy atom. The number of likely N-dealkylation sites (N-methyl/N-ethyl adjacent to an activating group) is 1. The first-order valence-corrected chi connectivity index (χ1v) is 6.86. The lowest BCUT2D eigenvalue weighted by Gasteiger charge is -2.26. The minimum atomic E-state index is -0.677. The van der Waals surface area contributed by atoms with Gasteiger partial charge in [0, 0.05) is 25.2 Å². The Hall–Kier alpha value is -1.43. The lowest BCUT2D eigenvalue weighted by Crippen LogP contribution is -2.37. The molecule has 1 aromatic heterocycles. The number of aromatic nitrogens is 1. The largest absolute Gasteiger partial charge is 0.368 e. The first kappa shape index (κ1) is 16.6. The zero-order valence-electron chi connectivity index (χ0n) is 12.8. The predicted octanol–water partition coefficient (Wildman–Crippen LogP) is 2.79. The Morgan fingerprint density at radius 1 is 1.20 bits per heavy atom. The van der Waals surface area contributed by atoms with Crippen molar-refractivity contribution in [2.24, 2.45) is 5.92 Å². The van der Waals surface area contributed by atoms with Gasteiger partial charge in [0.2, 0.25) is 0 Å². The number of hydrogen-bond donors (Lipinski definition) is 2. The number of pyridine rings is 1. The molecule has 0 spiro atoms. The normalized spacial score (nSPS) is 12.8. The van der Waals surface area contributed by atoms with Gasteiger partial charge in [-0.1, -0.05) is 13.8 Å². The lowest BCUT2D eigenvalue weighted by atomic mass is 10.0. The highest BCUT2D eigenvalue weighted by Crippen LogP contribution is 2.21. The van der Waals surface area contributed by atoms with Gasteiger partial charge in [-0.3, -0.25) is 0 Å². The van der Waals surface area contributed by atoms with Crippen LogP contribution in [0.25, 0.3) is 0 Å². The maximum Gasteiger partial charge on any atom is 0.168 e. The fourth-order valence-corrected chi connectivity index (χ4v) is 1.85. The summed E-state index contributed by atoms with van der Waals surface area (Å²) in [7, 11) is 3.91. The van der Waals surface area contributed by atoms with Crippen molar-refractivity contribution < 1.29 is 8.78 Å². The summed E-state index contributed by atoms with van der Waals surface area (Å²) in [4.78, 5) is 6.02. The number of anilines is 2. The third-order valence-electron chi connectivity index (χ3n) is 2.96. The number of rotatable bonds is 7. The fourth-order valence-electron chi connectivity index (χ4n) is 1.85. The number of halogens is 2. The summed E-state index contributed by atoms with van der Waals surface area (Å²) >= 11 is 0. The van der Waals surface area contributed by atoms with Gasteiger partial charge in [-0.05, 0) is 26.9 Å². The van der Waals surface area contributed by atoms with E-state index in [1.54, 1.807) is 0 Å². The van der Waals surface area contributed by atoms with Gasteiger partial charge in [0.1, 0.15) is 0 Å². The summed E-state index contributed by atoms with van der Waals surface area (Å²) in [6.07, 6.45) is 0. The van der Waals surface area contributed by atoms with Gasteiger partial charge in [0.15, 0.2) is 23.3 Å². The van der Waals surface area contributed by atoms with Gasteiger partial charge in [0.25, 0.3) is 0 Å². The summed E-state index contributed by atoms with van der Waals surface area (Å²) in [6.45, 7) is 7.20. The summed E-state index contributed by atoms with van der Waals surface area (Å²) in [5.41, 5.74) is 0. The highest BCUT2D eigenvalue weighted by atomic mass is 19.1. The van der Waals surface area contributed by atoms with E-state index in [-0.39, 0.29) is 17.7 Å². The molecule has 0 fully saturated rings. The van der Waals surface area contributed by atoms with Gasteiger partial charge in [0.05, 0.1) is 0 Å². The fraction of sp³-hybridized carbons (Fsp3) is 0.643. The molecule has 0 saturated heterocycles. The molecule has 1 aromatic rings. The van der Waals surface area contributed by atoms with Gasteiger partial charge in [-0.2, -0.15) is 0 Å². The Morgan fingerprint density at radius 2 is 1.80 bits per heavy atom. The van der Waals surface area contributed by atoms with Crippen molar-refractivity contribution in [1.29, 1.82) is 0 Å². The van der Waals surface area contributed by atoms with Crippen LogP contribution in [-0.4, -0.2) is 43.1 Å². The molecule has 0 amide bonds. The van der Waals surface area contributed by atoms with Crippen molar-refractivity contribution in [2.45, 2.75) is 26.8 Å². The molecule has 4 nitrogen and oxygen atoms in total. The summed E-state index contributed by atoms with van der Waals surface area (Å²) in [6, 6.07) is 0.896. The van der Waals surface area contributed by atoms with Crippen LogP contribution in [0.5, 0.6) is 0 Å². The summed E-state index contributed by atoms with van der Waals surface area (Å²) < 4.78 is 27.3. The summed E-state index contributed by atoms with van der Waals surface area (Å²) in [5.74, 6) is -0.893. The van der Waals surface area contributed by atoms with Crippen LogP contribution < -0.4 is 10.6 Å². The van der Waals surface area contributed by atoms with E-state index in [0.29, 0.717) is 12.5 Å². The molecule has 1 heterocycles. The minimum absolute atomic E-state index is 0.0342. The van der Waals surface area contributed by atoms with Crippen molar-refractivity contribution in [3.8, 4) is 0 Å². The Balaban J connectivity index is 2.96. The Bertz CT molecular complexity index is 435. The molecule has 0 aliphatic rings. The number of nitrogens with one attached hydrogen (secondary N) is 2. The Kier molecular flexibility index (Phi) is 6.13. The average molecular weight is 286 g/mol. The van der Waals surface area contributed by atoms with E-state index in [1.807, 2.05) is 39.8 Å². The standard InChI is InChI=1S/C14H24F2N4/c1-6-17-13-10(15)7-11(16)14(19-13)18-12(9(2)3)8-20(4)5/h7,9,12H,6,8H2,1-5H3,(H2,17,18,19). The van der Waals surface area contributed by atoms with E-state index in [1.165, 1.54) is 0 Å². The van der Waals surface area contributed by atoms with Crippen LogP contribution in [0.3, 0.4) is 0 Å². The van der Waals surface area contributed by atoms with Crippen molar-refractivity contribution in [1.82, 2.24) is 9.88 Å². The molecule has 0 aliphatic carbocycles. The van der Waals surface area contributed by atoms with Crippen molar-refractivity contribution in [3.63, 3.8) is 0 Å². The molecule has 2 N–H and O–H groups in total. The Labute approximate surface area is 119 Å². The van der Waals surface area contributed by atoms with Gasteiger partial charge < -0.3 is 15.5 Å². The third kappa shape index (κ3) is 4.59. The molecule has 0 radical (unpaired) electrons. The molecule has 0 aromatic carbocycles. The average Bonchev–Trinajstić information content (AvgIpc) is 2.33. The third-order valence-corrected chi connectivity index (χ3v) is 2.96. The highest BCUT2D eigenvalue weighted by molar-refractivity contribution is 5.48.